The van der Waals surface area contributed by atoms with Crippen molar-refractivity contribution >= 4 is 27.9 Å². The Morgan fingerprint density at radius 3 is 2.71 bits per heavy atom. The predicted molar refractivity (Wildman–Crippen MR) is 111 cm³/mol. The minimum Gasteiger partial charge on any atom is -0.393 e. The standard InChI is InChI=1S/C21H27N5O2/c1-3-4-11-22-21-23-12-17-16-10-5-13(2)24-18(16)20(28)26(19(17)25-21)14-6-8-15(27)9-7-14/h5,10,12,14-15,27H,3-4,6-9,11H2,1-2H3,(H,22,23,25)/t14-,15-. The number of unbranched alkanes of at least 4 members (excludes halogenated alkanes) is 1. The molecule has 3 aromatic rings. The molecule has 28 heavy (non-hydrogen) atoms. The smallest absolute Gasteiger partial charge is 0.278 e. The summed E-state index contributed by atoms with van der Waals surface area (Å²) in [6.45, 7) is 4.83. The molecule has 2 N–H and O–H groups in total. The molecule has 0 saturated heterocycles. The molecule has 0 bridgehead atoms. The summed E-state index contributed by atoms with van der Waals surface area (Å²) in [6.07, 6.45) is 6.56. The molecular weight excluding hydrogens is 354 g/mol. The molecule has 0 unspecified atom stereocenters. The van der Waals surface area contributed by atoms with E-state index >= 15 is 0 Å². The van der Waals surface area contributed by atoms with Gasteiger partial charge in [0.05, 0.1) is 6.10 Å². The van der Waals surface area contributed by atoms with Crippen LogP contribution in [0.1, 0.15) is 57.2 Å². The number of aryl methyl sites for hydroxylation is 1. The lowest BCUT2D eigenvalue weighted by Gasteiger charge is -2.28. The van der Waals surface area contributed by atoms with Gasteiger partial charge in [0.1, 0.15) is 11.2 Å². The first-order valence-corrected chi connectivity index (χ1v) is 10.2. The Bertz CT molecular complexity index is 1050. The zero-order valence-electron chi connectivity index (χ0n) is 16.5. The molecule has 3 aromatic heterocycles. The van der Waals surface area contributed by atoms with E-state index in [4.69, 9.17) is 4.98 Å². The van der Waals surface area contributed by atoms with Gasteiger partial charge in [0, 0.05) is 35.2 Å². The summed E-state index contributed by atoms with van der Waals surface area (Å²) in [5.74, 6) is 0.546. The van der Waals surface area contributed by atoms with E-state index in [1.54, 1.807) is 10.8 Å². The Labute approximate surface area is 163 Å². The molecule has 0 radical (unpaired) electrons. The molecule has 4 rings (SSSR count). The van der Waals surface area contributed by atoms with Crippen molar-refractivity contribution < 1.29 is 5.11 Å². The van der Waals surface area contributed by atoms with Crippen molar-refractivity contribution in [1.29, 1.82) is 0 Å². The van der Waals surface area contributed by atoms with Crippen molar-refractivity contribution in [2.75, 3.05) is 11.9 Å². The molecule has 0 aromatic carbocycles. The van der Waals surface area contributed by atoms with Crippen LogP contribution in [-0.2, 0) is 0 Å². The summed E-state index contributed by atoms with van der Waals surface area (Å²) < 4.78 is 1.79. The fourth-order valence-corrected chi connectivity index (χ4v) is 4.01. The number of pyridine rings is 2. The van der Waals surface area contributed by atoms with E-state index in [1.807, 2.05) is 19.1 Å². The normalized spacial score (nSPS) is 20.0. The fraction of sp³-hybridized carbons (Fsp3) is 0.524. The molecule has 0 amide bonds. The van der Waals surface area contributed by atoms with E-state index < -0.39 is 0 Å². The van der Waals surface area contributed by atoms with Crippen LogP contribution in [0.4, 0.5) is 5.95 Å². The molecule has 0 spiro atoms. The largest absolute Gasteiger partial charge is 0.393 e. The third kappa shape index (κ3) is 3.46. The molecule has 148 valence electrons. The molecule has 1 aliphatic rings. The molecule has 7 heteroatoms. The molecule has 1 saturated carbocycles. The van der Waals surface area contributed by atoms with Crippen LogP contribution in [0, 0.1) is 6.92 Å². The zero-order valence-corrected chi connectivity index (χ0v) is 16.5. The van der Waals surface area contributed by atoms with Crippen molar-refractivity contribution in [1.82, 2.24) is 19.5 Å². The van der Waals surface area contributed by atoms with Crippen LogP contribution in [0.3, 0.4) is 0 Å². The quantitative estimate of drug-likeness (QED) is 0.520. The summed E-state index contributed by atoms with van der Waals surface area (Å²) in [5, 5.41) is 14.8. The van der Waals surface area contributed by atoms with Crippen molar-refractivity contribution in [2.45, 2.75) is 64.5 Å². The Morgan fingerprint density at radius 1 is 1.18 bits per heavy atom. The zero-order chi connectivity index (χ0) is 19.7. The molecule has 1 fully saturated rings. The maximum absolute atomic E-state index is 13.4. The number of fused-ring (bicyclic) bond motifs is 3. The minimum absolute atomic E-state index is 0.0171. The monoisotopic (exact) mass is 381 g/mol. The Balaban J connectivity index is 1.92. The first-order chi connectivity index (χ1) is 13.6. The summed E-state index contributed by atoms with van der Waals surface area (Å²) in [7, 11) is 0. The number of rotatable bonds is 5. The van der Waals surface area contributed by atoms with Gasteiger partial charge in [0.2, 0.25) is 5.95 Å². The number of nitrogens with one attached hydrogen (secondary N) is 1. The highest BCUT2D eigenvalue weighted by atomic mass is 16.3. The number of hydrogen-bond acceptors (Lipinski definition) is 6. The van der Waals surface area contributed by atoms with Gasteiger partial charge in [0.15, 0.2) is 0 Å². The Kier molecular flexibility index (Phi) is 5.26. The first kappa shape index (κ1) is 18.8. The van der Waals surface area contributed by atoms with Crippen molar-refractivity contribution in [2.24, 2.45) is 0 Å². The van der Waals surface area contributed by atoms with Gasteiger partial charge in [-0.05, 0) is 45.1 Å². The summed E-state index contributed by atoms with van der Waals surface area (Å²) in [6, 6.07) is 3.86. The molecule has 3 heterocycles. The lowest BCUT2D eigenvalue weighted by atomic mass is 9.92. The second-order valence-corrected chi connectivity index (χ2v) is 7.70. The topological polar surface area (TPSA) is 92.9 Å². The molecular formula is C21H27N5O2. The second kappa shape index (κ2) is 7.83. The van der Waals surface area contributed by atoms with Crippen LogP contribution < -0.4 is 10.9 Å². The highest BCUT2D eigenvalue weighted by Gasteiger charge is 2.25. The van der Waals surface area contributed by atoms with E-state index in [-0.39, 0.29) is 17.7 Å². The minimum atomic E-state index is -0.278. The summed E-state index contributed by atoms with van der Waals surface area (Å²) >= 11 is 0. The second-order valence-electron chi connectivity index (χ2n) is 7.70. The predicted octanol–water partition coefficient (Wildman–Crippen LogP) is 3.34. The average Bonchev–Trinajstić information content (AvgIpc) is 2.70. The Morgan fingerprint density at radius 2 is 1.96 bits per heavy atom. The van der Waals surface area contributed by atoms with Gasteiger partial charge < -0.3 is 10.4 Å². The highest BCUT2D eigenvalue weighted by Crippen LogP contribution is 2.31. The lowest BCUT2D eigenvalue weighted by molar-refractivity contribution is 0.111. The van der Waals surface area contributed by atoms with Gasteiger partial charge in [-0.3, -0.25) is 9.36 Å². The van der Waals surface area contributed by atoms with Gasteiger partial charge >= 0.3 is 0 Å². The SMILES string of the molecule is CCCCNc1ncc2c3ccc(C)nc3c(=O)n([C@H]3CC[C@H](O)CC3)c2n1. The van der Waals surface area contributed by atoms with Crippen LogP contribution in [-0.4, -0.2) is 37.3 Å². The Hall–Kier alpha value is -2.54. The number of aliphatic hydroxyl groups is 1. The fourth-order valence-electron chi connectivity index (χ4n) is 4.01. The number of aromatic nitrogens is 4. The van der Waals surface area contributed by atoms with Gasteiger partial charge in [-0.15, -0.1) is 0 Å². The van der Waals surface area contributed by atoms with Crippen LogP contribution in [0.25, 0.3) is 21.9 Å². The van der Waals surface area contributed by atoms with E-state index in [0.29, 0.717) is 30.0 Å². The van der Waals surface area contributed by atoms with Crippen LogP contribution in [0.2, 0.25) is 0 Å². The number of hydrogen-bond donors (Lipinski definition) is 2. The molecule has 0 aliphatic heterocycles. The molecule has 1 aliphatic carbocycles. The van der Waals surface area contributed by atoms with Crippen LogP contribution >= 0.6 is 0 Å². The van der Waals surface area contributed by atoms with Crippen molar-refractivity contribution in [3.63, 3.8) is 0 Å². The van der Waals surface area contributed by atoms with Crippen molar-refractivity contribution in [3.8, 4) is 0 Å². The number of aliphatic hydroxyl groups excluding tert-OH is 1. The maximum atomic E-state index is 13.4. The lowest BCUT2D eigenvalue weighted by Crippen LogP contribution is -2.31. The van der Waals surface area contributed by atoms with Gasteiger partial charge in [0.25, 0.3) is 5.56 Å². The van der Waals surface area contributed by atoms with Gasteiger partial charge in [-0.2, -0.15) is 4.98 Å². The average molecular weight is 381 g/mol. The van der Waals surface area contributed by atoms with E-state index in [9.17, 15) is 9.90 Å². The molecule has 7 nitrogen and oxygen atoms in total. The van der Waals surface area contributed by atoms with E-state index in [2.05, 4.69) is 22.2 Å². The first-order valence-electron chi connectivity index (χ1n) is 10.2. The van der Waals surface area contributed by atoms with Crippen LogP contribution in [0.5, 0.6) is 0 Å². The van der Waals surface area contributed by atoms with Gasteiger partial charge in [-0.1, -0.05) is 19.4 Å². The van der Waals surface area contributed by atoms with Crippen LogP contribution in [0.15, 0.2) is 23.1 Å². The molecule has 0 atom stereocenters. The third-order valence-corrected chi connectivity index (χ3v) is 5.59. The summed E-state index contributed by atoms with van der Waals surface area (Å²) in [5.41, 5.74) is 1.83. The number of anilines is 1. The van der Waals surface area contributed by atoms with Crippen molar-refractivity contribution in [3.05, 3.63) is 34.4 Å². The van der Waals surface area contributed by atoms with E-state index in [1.165, 1.54) is 0 Å². The van der Waals surface area contributed by atoms with E-state index in [0.717, 1.165) is 48.7 Å². The summed E-state index contributed by atoms with van der Waals surface area (Å²) in [4.78, 5) is 27.1. The third-order valence-electron chi connectivity index (χ3n) is 5.59. The number of nitrogens with zero attached hydrogens (tertiary/aromatic N) is 4. The van der Waals surface area contributed by atoms with Gasteiger partial charge in [-0.25, -0.2) is 9.97 Å². The highest BCUT2D eigenvalue weighted by molar-refractivity contribution is 6.02. The maximum Gasteiger partial charge on any atom is 0.278 e.